The summed E-state index contributed by atoms with van der Waals surface area (Å²) in [5.74, 6) is -3.37. The number of hydrogen-bond acceptors (Lipinski definition) is 8. The average Bonchev–Trinajstić information content (AvgIpc) is 3.58. The van der Waals surface area contributed by atoms with E-state index in [1.54, 1.807) is 11.8 Å². The number of nitrogens with zero attached hydrogens (tertiary/aromatic N) is 3. The van der Waals surface area contributed by atoms with E-state index in [9.17, 15) is 28.8 Å². The summed E-state index contributed by atoms with van der Waals surface area (Å²) in [5, 5.41) is 11.6. The van der Waals surface area contributed by atoms with Crippen molar-refractivity contribution in [1.29, 1.82) is 0 Å². The zero-order chi connectivity index (χ0) is 39.7. The number of benzene rings is 1. The van der Waals surface area contributed by atoms with Crippen LogP contribution >= 0.6 is 0 Å². The molecule has 13 nitrogen and oxygen atoms in total. The highest BCUT2D eigenvalue weighted by molar-refractivity contribution is 6.38. The summed E-state index contributed by atoms with van der Waals surface area (Å²) < 4.78 is 0. The molecular weight excluding hydrogens is 699 g/mol. The van der Waals surface area contributed by atoms with Crippen LogP contribution in [-0.4, -0.2) is 80.4 Å². The van der Waals surface area contributed by atoms with E-state index in [2.05, 4.69) is 31.2 Å². The number of rotatable bonds is 14. The van der Waals surface area contributed by atoms with E-state index < -0.39 is 65.0 Å². The van der Waals surface area contributed by atoms with E-state index >= 15 is 0 Å². The summed E-state index contributed by atoms with van der Waals surface area (Å²) in [4.78, 5) is 93.3. The molecule has 2 aromatic rings. The SMILES string of the molecule is CCCC(NC(=O)[C@H]1C[C@@H]2CCCC[C@@H]2N1C(=O)[C@@H](NC(=O)[C@@H](NC(=O)c1cnccn1)C1CCCCC1)C(C)(C)C)C(=O)C(=O)N[C@@H](C)c1ccccc1. The molecule has 55 heavy (non-hydrogen) atoms. The number of likely N-dealkylation sites (tertiary alicyclic amines) is 1. The number of aromatic nitrogens is 2. The summed E-state index contributed by atoms with van der Waals surface area (Å²) in [6.07, 6.45) is 13.4. The molecule has 5 amide bonds. The number of hydrogen-bond donors (Lipinski definition) is 4. The normalized spacial score (nSPS) is 22.3. The number of carbonyl (C=O) groups excluding carboxylic acids is 6. The molecule has 0 bridgehead atoms. The Morgan fingerprint density at radius 2 is 1.55 bits per heavy atom. The van der Waals surface area contributed by atoms with Gasteiger partial charge in [0.05, 0.1) is 18.3 Å². The first-order chi connectivity index (χ1) is 26.3. The molecule has 2 aliphatic carbocycles. The van der Waals surface area contributed by atoms with E-state index in [-0.39, 0.29) is 35.9 Å². The number of Topliss-reactive ketones (excluding diaryl/α,β-unsaturated/α-hetero) is 1. The van der Waals surface area contributed by atoms with Crippen molar-refractivity contribution < 1.29 is 28.8 Å². The first kappa shape index (κ1) is 41.5. The minimum atomic E-state index is -1.06. The summed E-state index contributed by atoms with van der Waals surface area (Å²) in [6, 6.07) is 4.83. The van der Waals surface area contributed by atoms with E-state index in [0.717, 1.165) is 63.4 Å². The second-order valence-corrected chi connectivity index (χ2v) is 16.7. The monoisotopic (exact) mass is 757 g/mol. The van der Waals surface area contributed by atoms with Crippen molar-refractivity contribution in [3.8, 4) is 0 Å². The van der Waals surface area contributed by atoms with Gasteiger partial charge in [0.15, 0.2) is 0 Å². The number of fused-ring (bicyclic) bond motifs is 1. The maximum Gasteiger partial charge on any atom is 0.290 e. The van der Waals surface area contributed by atoms with Gasteiger partial charge in [-0.3, -0.25) is 33.8 Å². The van der Waals surface area contributed by atoms with Gasteiger partial charge in [0, 0.05) is 18.4 Å². The Hall–Kier alpha value is -4.68. The van der Waals surface area contributed by atoms with Gasteiger partial charge >= 0.3 is 0 Å². The Morgan fingerprint density at radius 3 is 2.20 bits per heavy atom. The number of amides is 5. The standard InChI is InChI=1S/C42H59N7O6/c1-6-15-30(35(50)40(54)45-26(2)27-16-9-7-10-17-27)46-38(52)33-24-29-20-13-14-21-32(29)49(33)41(55)36(42(3,4)5)48-39(53)34(28-18-11-8-12-19-28)47-37(51)31-25-43-22-23-44-31/h7,9-10,16-17,22-23,25-26,28-30,32-34,36H,6,8,11-15,18-21,24H2,1-5H3,(H,45,54)(H,46,52)(H,47,51)(H,48,53)/t26-,29-,30?,32-,33+,34-,36+/m0/s1. The van der Waals surface area contributed by atoms with Gasteiger partial charge in [-0.05, 0) is 68.3 Å². The molecule has 4 N–H and O–H groups in total. The van der Waals surface area contributed by atoms with Gasteiger partial charge in [0.2, 0.25) is 23.5 Å². The molecular formula is C42H59N7O6. The van der Waals surface area contributed by atoms with E-state index in [1.807, 2.05) is 58.0 Å². The summed E-state index contributed by atoms with van der Waals surface area (Å²) in [7, 11) is 0. The van der Waals surface area contributed by atoms with Gasteiger partial charge in [-0.1, -0.05) is 96.6 Å². The van der Waals surface area contributed by atoms with Crippen LogP contribution in [0.3, 0.4) is 0 Å². The van der Waals surface area contributed by atoms with Crippen molar-refractivity contribution in [2.45, 2.75) is 148 Å². The molecule has 1 aromatic carbocycles. The smallest absolute Gasteiger partial charge is 0.290 e. The van der Waals surface area contributed by atoms with Crippen molar-refractivity contribution >= 4 is 35.3 Å². The molecule has 3 aliphatic rings. The maximum absolute atomic E-state index is 14.9. The third-order valence-electron chi connectivity index (χ3n) is 11.6. The Kier molecular flexibility index (Phi) is 14.2. The zero-order valence-electron chi connectivity index (χ0n) is 33.0. The van der Waals surface area contributed by atoms with E-state index in [1.165, 1.54) is 18.6 Å². The molecule has 13 heteroatoms. The summed E-state index contributed by atoms with van der Waals surface area (Å²) >= 11 is 0. The van der Waals surface area contributed by atoms with Crippen LogP contribution in [0.5, 0.6) is 0 Å². The molecule has 0 spiro atoms. The number of ketones is 1. The predicted octanol–water partition coefficient (Wildman–Crippen LogP) is 4.58. The third kappa shape index (κ3) is 10.3. The van der Waals surface area contributed by atoms with Crippen molar-refractivity contribution in [1.82, 2.24) is 36.1 Å². The van der Waals surface area contributed by atoms with Crippen LogP contribution in [0, 0.1) is 17.3 Å². The highest BCUT2D eigenvalue weighted by Crippen LogP contribution is 2.41. The van der Waals surface area contributed by atoms with Crippen LogP contribution in [0.25, 0.3) is 0 Å². The van der Waals surface area contributed by atoms with Gasteiger partial charge < -0.3 is 26.2 Å². The van der Waals surface area contributed by atoms with Gasteiger partial charge in [0.1, 0.15) is 23.8 Å². The molecule has 298 valence electrons. The van der Waals surface area contributed by atoms with Crippen LogP contribution in [0.1, 0.15) is 134 Å². The second-order valence-electron chi connectivity index (χ2n) is 16.7. The van der Waals surface area contributed by atoms with Gasteiger partial charge in [-0.25, -0.2) is 4.98 Å². The largest absolute Gasteiger partial charge is 0.344 e. The first-order valence-corrected chi connectivity index (χ1v) is 20.2. The van der Waals surface area contributed by atoms with Crippen LogP contribution in [0.4, 0.5) is 0 Å². The fourth-order valence-electron chi connectivity index (χ4n) is 8.61. The highest BCUT2D eigenvalue weighted by atomic mass is 16.2. The topological polar surface area (TPSA) is 180 Å². The Labute approximate surface area is 325 Å². The summed E-state index contributed by atoms with van der Waals surface area (Å²) in [5.41, 5.74) is 0.179. The Morgan fingerprint density at radius 1 is 0.855 bits per heavy atom. The third-order valence-corrected chi connectivity index (χ3v) is 11.6. The average molecular weight is 758 g/mol. The molecule has 5 rings (SSSR count). The lowest BCUT2D eigenvalue weighted by Crippen LogP contribution is -2.63. The highest BCUT2D eigenvalue weighted by Gasteiger charge is 2.51. The molecule has 0 radical (unpaired) electrons. The van der Waals surface area contributed by atoms with Crippen molar-refractivity contribution in [2.75, 3.05) is 0 Å². The first-order valence-electron chi connectivity index (χ1n) is 20.2. The molecule has 1 saturated heterocycles. The maximum atomic E-state index is 14.9. The molecule has 2 heterocycles. The van der Waals surface area contributed by atoms with Gasteiger partial charge in [0.25, 0.3) is 11.8 Å². The van der Waals surface area contributed by atoms with Crippen LogP contribution < -0.4 is 21.3 Å². The fraction of sp³-hybridized carbons (Fsp3) is 0.619. The number of carbonyl (C=O) groups is 6. The minimum absolute atomic E-state index is 0.0846. The lowest BCUT2D eigenvalue weighted by Gasteiger charge is -2.40. The predicted molar refractivity (Wildman–Crippen MR) is 207 cm³/mol. The van der Waals surface area contributed by atoms with Crippen molar-refractivity contribution in [3.05, 3.63) is 60.2 Å². The quantitative estimate of drug-likeness (QED) is 0.202. The molecule has 1 aliphatic heterocycles. The summed E-state index contributed by atoms with van der Waals surface area (Å²) in [6.45, 7) is 9.30. The second kappa shape index (κ2) is 18.8. The molecule has 1 aromatic heterocycles. The van der Waals surface area contributed by atoms with Crippen molar-refractivity contribution in [2.24, 2.45) is 17.3 Å². The van der Waals surface area contributed by atoms with E-state index in [4.69, 9.17) is 0 Å². The van der Waals surface area contributed by atoms with Gasteiger partial charge in [-0.2, -0.15) is 0 Å². The molecule has 3 fully saturated rings. The van der Waals surface area contributed by atoms with Crippen LogP contribution in [0.15, 0.2) is 48.9 Å². The number of nitrogens with one attached hydrogen (secondary N) is 4. The molecule has 7 atom stereocenters. The van der Waals surface area contributed by atoms with Gasteiger partial charge in [-0.15, -0.1) is 0 Å². The fourth-order valence-corrected chi connectivity index (χ4v) is 8.61. The van der Waals surface area contributed by atoms with Crippen LogP contribution in [0.2, 0.25) is 0 Å². The minimum Gasteiger partial charge on any atom is -0.344 e. The van der Waals surface area contributed by atoms with E-state index in [0.29, 0.717) is 12.8 Å². The molecule has 2 saturated carbocycles. The zero-order valence-corrected chi connectivity index (χ0v) is 33.0. The lowest BCUT2D eigenvalue weighted by atomic mass is 9.81. The van der Waals surface area contributed by atoms with Crippen molar-refractivity contribution in [3.63, 3.8) is 0 Å². The Bertz CT molecular complexity index is 1660. The molecule has 1 unspecified atom stereocenters. The van der Waals surface area contributed by atoms with Crippen LogP contribution in [-0.2, 0) is 24.0 Å². The Balaban J connectivity index is 1.36. The lowest BCUT2D eigenvalue weighted by molar-refractivity contribution is -0.147.